The van der Waals surface area contributed by atoms with Gasteiger partial charge in [0.05, 0.1) is 18.8 Å². The number of nitrogens with one attached hydrogen (secondary N) is 1. The third kappa shape index (κ3) is 3.26. The first-order valence-corrected chi connectivity index (χ1v) is 9.53. The first kappa shape index (κ1) is 18.2. The molecule has 28 heavy (non-hydrogen) atoms. The van der Waals surface area contributed by atoms with E-state index in [-0.39, 0.29) is 17.5 Å². The van der Waals surface area contributed by atoms with Gasteiger partial charge >= 0.3 is 0 Å². The quantitative estimate of drug-likeness (QED) is 0.749. The number of amides is 1. The molecule has 4 rings (SSSR count). The predicted octanol–water partition coefficient (Wildman–Crippen LogP) is 2.36. The SMILES string of the molecule is CCc1cc(=O)n2[nH]c(C3CCCCN3C(=O)c3ccnc(OC)c3)cc2n1. The molecule has 1 amide bonds. The zero-order valence-electron chi connectivity index (χ0n) is 16.0. The van der Waals surface area contributed by atoms with E-state index in [9.17, 15) is 9.59 Å². The van der Waals surface area contributed by atoms with Crippen LogP contribution in [0.25, 0.3) is 5.65 Å². The van der Waals surface area contributed by atoms with Gasteiger partial charge in [-0.2, -0.15) is 0 Å². The van der Waals surface area contributed by atoms with Crippen LogP contribution in [0.15, 0.2) is 35.3 Å². The van der Waals surface area contributed by atoms with Gasteiger partial charge in [-0.3, -0.25) is 14.7 Å². The molecule has 1 unspecified atom stereocenters. The number of piperidine rings is 1. The van der Waals surface area contributed by atoms with E-state index in [1.165, 1.54) is 11.6 Å². The van der Waals surface area contributed by atoms with Crippen molar-refractivity contribution in [2.45, 2.75) is 38.6 Å². The second-order valence-corrected chi connectivity index (χ2v) is 6.94. The summed E-state index contributed by atoms with van der Waals surface area (Å²) in [5, 5.41) is 3.15. The number of hydrogen-bond donors (Lipinski definition) is 1. The zero-order chi connectivity index (χ0) is 19.7. The Labute approximate surface area is 162 Å². The second-order valence-electron chi connectivity index (χ2n) is 6.94. The number of methoxy groups -OCH3 is 1. The third-order valence-corrected chi connectivity index (χ3v) is 5.20. The van der Waals surface area contributed by atoms with E-state index < -0.39 is 0 Å². The van der Waals surface area contributed by atoms with Crippen molar-refractivity contribution in [3.05, 3.63) is 57.8 Å². The second kappa shape index (κ2) is 7.46. The number of aryl methyl sites for hydroxylation is 1. The predicted molar refractivity (Wildman–Crippen MR) is 104 cm³/mol. The fraction of sp³-hybridized carbons (Fsp3) is 0.400. The van der Waals surface area contributed by atoms with Crippen molar-refractivity contribution in [1.29, 1.82) is 0 Å². The van der Waals surface area contributed by atoms with Gasteiger partial charge in [-0.15, -0.1) is 0 Å². The Kier molecular flexibility index (Phi) is 4.85. The van der Waals surface area contributed by atoms with Gasteiger partial charge in [0.25, 0.3) is 11.5 Å². The minimum Gasteiger partial charge on any atom is -0.481 e. The van der Waals surface area contributed by atoms with Gasteiger partial charge in [-0.05, 0) is 31.7 Å². The molecule has 8 nitrogen and oxygen atoms in total. The summed E-state index contributed by atoms with van der Waals surface area (Å²) >= 11 is 0. The van der Waals surface area contributed by atoms with Crippen LogP contribution >= 0.6 is 0 Å². The molecule has 1 atom stereocenters. The van der Waals surface area contributed by atoms with E-state index in [2.05, 4.69) is 15.1 Å². The maximum atomic E-state index is 13.2. The average Bonchev–Trinajstić information content (AvgIpc) is 3.18. The maximum absolute atomic E-state index is 13.2. The molecule has 3 aromatic heterocycles. The van der Waals surface area contributed by atoms with Crippen LogP contribution in [0.4, 0.5) is 0 Å². The average molecular weight is 381 g/mol. The summed E-state index contributed by atoms with van der Waals surface area (Å²) < 4.78 is 6.59. The maximum Gasteiger partial charge on any atom is 0.272 e. The number of carbonyl (C=O) groups is 1. The summed E-state index contributed by atoms with van der Waals surface area (Å²) in [7, 11) is 1.53. The molecular weight excluding hydrogens is 358 g/mol. The molecule has 0 saturated carbocycles. The molecule has 0 aromatic carbocycles. The number of ether oxygens (including phenoxy) is 1. The fourth-order valence-electron chi connectivity index (χ4n) is 3.73. The van der Waals surface area contributed by atoms with E-state index in [4.69, 9.17) is 4.74 Å². The molecule has 1 N–H and O–H groups in total. The van der Waals surface area contributed by atoms with Crippen LogP contribution in [0.5, 0.6) is 5.88 Å². The molecular formula is C20H23N5O3. The van der Waals surface area contributed by atoms with Crippen molar-refractivity contribution in [3.8, 4) is 5.88 Å². The lowest BCUT2D eigenvalue weighted by Crippen LogP contribution is -2.38. The van der Waals surface area contributed by atoms with Gasteiger partial charge in [0.1, 0.15) is 0 Å². The summed E-state index contributed by atoms with van der Waals surface area (Å²) in [6, 6.07) is 6.64. The van der Waals surface area contributed by atoms with Gasteiger partial charge in [0, 0.05) is 42.2 Å². The lowest BCUT2D eigenvalue weighted by molar-refractivity contribution is 0.0605. The van der Waals surface area contributed by atoms with E-state index in [0.717, 1.165) is 30.7 Å². The Balaban J connectivity index is 1.71. The minimum atomic E-state index is -0.138. The standard InChI is InChI=1S/C20H23N5O3/c1-3-14-11-19(26)25-17(22-14)12-15(23-25)16-6-4-5-9-24(16)20(27)13-7-8-21-18(10-13)28-2/h7-8,10-12,16,23H,3-6,9H2,1-2H3. The molecule has 1 saturated heterocycles. The van der Waals surface area contributed by atoms with E-state index in [1.54, 1.807) is 24.4 Å². The molecule has 3 aromatic rings. The highest BCUT2D eigenvalue weighted by atomic mass is 16.5. The Morgan fingerprint density at radius 1 is 1.32 bits per heavy atom. The molecule has 0 bridgehead atoms. The molecule has 8 heteroatoms. The molecule has 1 aliphatic rings. The number of aromatic nitrogens is 4. The highest BCUT2D eigenvalue weighted by molar-refractivity contribution is 5.94. The van der Waals surface area contributed by atoms with Gasteiger partial charge in [0.15, 0.2) is 5.65 Å². The van der Waals surface area contributed by atoms with Crippen LogP contribution < -0.4 is 10.3 Å². The van der Waals surface area contributed by atoms with Crippen molar-refractivity contribution < 1.29 is 9.53 Å². The van der Waals surface area contributed by atoms with Gasteiger partial charge < -0.3 is 9.64 Å². The molecule has 0 aliphatic carbocycles. The number of aromatic amines is 1. The molecule has 0 radical (unpaired) electrons. The molecule has 1 aliphatic heterocycles. The van der Waals surface area contributed by atoms with Crippen LogP contribution in [0.3, 0.4) is 0 Å². The molecule has 0 spiro atoms. The Morgan fingerprint density at radius 3 is 2.96 bits per heavy atom. The normalized spacial score (nSPS) is 17.1. The number of pyridine rings is 1. The van der Waals surface area contributed by atoms with Crippen LogP contribution in [0.2, 0.25) is 0 Å². The van der Waals surface area contributed by atoms with Crippen molar-refractivity contribution in [1.82, 2.24) is 24.5 Å². The van der Waals surface area contributed by atoms with E-state index in [1.807, 2.05) is 17.9 Å². The van der Waals surface area contributed by atoms with Gasteiger partial charge in [-0.25, -0.2) is 14.5 Å². The number of fused-ring (bicyclic) bond motifs is 1. The number of carbonyl (C=O) groups excluding carboxylic acids is 1. The molecule has 1 fully saturated rings. The smallest absolute Gasteiger partial charge is 0.272 e. The highest BCUT2D eigenvalue weighted by Crippen LogP contribution is 2.32. The Bertz CT molecular complexity index is 1070. The number of nitrogens with zero attached hydrogens (tertiary/aromatic N) is 4. The van der Waals surface area contributed by atoms with Gasteiger partial charge in [0.2, 0.25) is 5.88 Å². The lowest BCUT2D eigenvalue weighted by Gasteiger charge is -2.35. The molecule has 4 heterocycles. The van der Waals surface area contributed by atoms with Crippen molar-refractivity contribution >= 4 is 11.6 Å². The summed E-state index contributed by atoms with van der Waals surface area (Å²) in [6.07, 6.45) is 5.07. The highest BCUT2D eigenvalue weighted by Gasteiger charge is 2.30. The number of H-pyrrole nitrogens is 1. The Hall–Kier alpha value is -3.16. The van der Waals surface area contributed by atoms with Crippen molar-refractivity contribution in [3.63, 3.8) is 0 Å². The van der Waals surface area contributed by atoms with E-state index in [0.29, 0.717) is 30.1 Å². The van der Waals surface area contributed by atoms with E-state index >= 15 is 0 Å². The summed E-state index contributed by atoms with van der Waals surface area (Å²) in [5.74, 6) is 0.339. The van der Waals surface area contributed by atoms with Crippen molar-refractivity contribution in [2.75, 3.05) is 13.7 Å². The zero-order valence-corrected chi connectivity index (χ0v) is 16.0. The summed E-state index contributed by atoms with van der Waals surface area (Å²) in [4.78, 5) is 36.0. The minimum absolute atomic E-state index is 0.0707. The number of likely N-dealkylation sites (tertiary alicyclic amines) is 1. The Morgan fingerprint density at radius 2 is 2.18 bits per heavy atom. The van der Waals surface area contributed by atoms with Crippen LogP contribution in [-0.2, 0) is 6.42 Å². The third-order valence-electron chi connectivity index (χ3n) is 5.20. The summed E-state index contributed by atoms with van der Waals surface area (Å²) in [5.41, 5.74) is 2.57. The summed E-state index contributed by atoms with van der Waals surface area (Å²) in [6.45, 7) is 2.63. The number of hydrogen-bond acceptors (Lipinski definition) is 5. The van der Waals surface area contributed by atoms with Crippen molar-refractivity contribution in [2.24, 2.45) is 0 Å². The monoisotopic (exact) mass is 381 g/mol. The lowest BCUT2D eigenvalue weighted by atomic mass is 9.98. The first-order chi connectivity index (χ1) is 13.6. The number of rotatable bonds is 4. The fourth-order valence-corrected chi connectivity index (χ4v) is 3.73. The van der Waals surface area contributed by atoms with Crippen LogP contribution in [0.1, 0.15) is 54.0 Å². The van der Waals surface area contributed by atoms with Gasteiger partial charge in [-0.1, -0.05) is 6.92 Å². The van der Waals surface area contributed by atoms with Crippen LogP contribution in [-0.4, -0.2) is 44.0 Å². The topological polar surface area (TPSA) is 92.6 Å². The van der Waals surface area contributed by atoms with Crippen LogP contribution in [0, 0.1) is 0 Å². The largest absolute Gasteiger partial charge is 0.481 e. The first-order valence-electron chi connectivity index (χ1n) is 9.53. The molecule has 146 valence electrons.